The van der Waals surface area contributed by atoms with E-state index in [1.54, 1.807) is 48.5 Å². The van der Waals surface area contributed by atoms with Crippen LogP contribution in [0.3, 0.4) is 0 Å². The normalized spacial score (nSPS) is 26.5. The van der Waals surface area contributed by atoms with Gasteiger partial charge in [0.1, 0.15) is 29.9 Å². The van der Waals surface area contributed by atoms with Gasteiger partial charge in [-0.15, -0.1) is 0 Å². The van der Waals surface area contributed by atoms with Crippen molar-refractivity contribution in [1.82, 2.24) is 9.80 Å². The van der Waals surface area contributed by atoms with Crippen molar-refractivity contribution >= 4 is 29.6 Å². The Labute approximate surface area is 320 Å². The summed E-state index contributed by atoms with van der Waals surface area (Å²) in [6.07, 6.45) is 2.86. The van der Waals surface area contributed by atoms with Gasteiger partial charge >= 0.3 is 12.1 Å². The maximum Gasteiger partial charge on any atom is 0.421 e. The Morgan fingerprint density at radius 3 is 2.04 bits per heavy atom. The predicted molar refractivity (Wildman–Crippen MR) is 203 cm³/mol. The van der Waals surface area contributed by atoms with Crippen LogP contribution in [0.5, 0.6) is 5.75 Å². The second-order valence-corrected chi connectivity index (χ2v) is 14.7. The van der Waals surface area contributed by atoms with Crippen LogP contribution in [0.2, 0.25) is 0 Å². The van der Waals surface area contributed by atoms with Crippen LogP contribution in [0, 0.1) is 5.92 Å². The first kappa shape index (κ1) is 36.5. The van der Waals surface area contributed by atoms with E-state index in [4.69, 9.17) is 14.2 Å². The third-order valence-corrected chi connectivity index (χ3v) is 11.7. The maximum absolute atomic E-state index is 15.9. The lowest BCUT2D eigenvalue weighted by molar-refractivity contribution is -0.179. The van der Waals surface area contributed by atoms with Gasteiger partial charge in [0.05, 0.1) is 30.3 Å². The van der Waals surface area contributed by atoms with E-state index in [0.29, 0.717) is 24.2 Å². The minimum Gasteiger partial charge on any atom is -0.508 e. The molecule has 3 fully saturated rings. The van der Waals surface area contributed by atoms with E-state index in [0.717, 1.165) is 48.1 Å². The highest BCUT2D eigenvalue weighted by atomic mass is 16.6. The number of carbonyl (C=O) groups excluding carboxylic acids is 4. The molecular weight excluding hydrogens is 698 g/mol. The number of amides is 3. The van der Waals surface area contributed by atoms with Gasteiger partial charge in [-0.25, -0.2) is 9.69 Å². The number of para-hydroxylation sites is 1. The zero-order chi connectivity index (χ0) is 38.1. The molecular formula is C44H45N3O8. The first-order valence-electron chi connectivity index (χ1n) is 19.1. The molecule has 0 bridgehead atoms. The molecule has 0 aliphatic carbocycles. The highest BCUT2D eigenvalue weighted by Gasteiger charge is 2.76. The topological polar surface area (TPSA) is 126 Å². The van der Waals surface area contributed by atoms with Crippen LogP contribution < -0.4 is 4.90 Å². The van der Waals surface area contributed by atoms with Crippen LogP contribution in [-0.4, -0.2) is 78.2 Å². The molecule has 3 saturated heterocycles. The van der Waals surface area contributed by atoms with Crippen molar-refractivity contribution in [3.05, 3.63) is 131 Å². The molecule has 6 unspecified atom stereocenters. The fraction of sp³-hybridized carbons (Fsp3) is 0.364. The number of cyclic esters (lactones) is 1. The summed E-state index contributed by atoms with van der Waals surface area (Å²) in [4.78, 5) is 65.5. The number of hydrogen-bond acceptors (Lipinski definition) is 9. The van der Waals surface area contributed by atoms with Crippen LogP contribution in [0.15, 0.2) is 109 Å². The molecule has 4 aliphatic heterocycles. The fourth-order valence-electron chi connectivity index (χ4n) is 9.42. The zero-order valence-corrected chi connectivity index (χ0v) is 30.8. The molecule has 4 aliphatic rings. The highest BCUT2D eigenvalue weighted by molar-refractivity contribution is 6.23. The van der Waals surface area contributed by atoms with Crippen LogP contribution >= 0.6 is 0 Å². The molecule has 4 heterocycles. The van der Waals surface area contributed by atoms with Crippen molar-refractivity contribution in [3.8, 4) is 5.75 Å². The van der Waals surface area contributed by atoms with E-state index in [-0.39, 0.29) is 30.6 Å². The molecule has 11 nitrogen and oxygen atoms in total. The number of benzene rings is 4. The first-order chi connectivity index (χ1) is 26.9. The minimum atomic E-state index is -1.81. The summed E-state index contributed by atoms with van der Waals surface area (Å²) in [7, 11) is 1.49. The van der Waals surface area contributed by atoms with Gasteiger partial charge in [-0.1, -0.05) is 110 Å². The third kappa shape index (κ3) is 6.15. The van der Waals surface area contributed by atoms with Crippen molar-refractivity contribution in [3.63, 3.8) is 0 Å². The summed E-state index contributed by atoms with van der Waals surface area (Å²) in [6, 6.07) is 29.8. The van der Waals surface area contributed by atoms with E-state index < -0.39 is 53.5 Å². The largest absolute Gasteiger partial charge is 0.508 e. The lowest BCUT2D eigenvalue weighted by atomic mass is 9.65. The number of methoxy groups -OCH3 is 1. The number of nitrogens with zero attached hydrogens (tertiary/aromatic N) is 3. The quantitative estimate of drug-likeness (QED) is 0.164. The Morgan fingerprint density at radius 1 is 0.745 bits per heavy atom. The zero-order valence-electron chi connectivity index (χ0n) is 30.8. The maximum atomic E-state index is 15.9. The molecule has 11 heteroatoms. The smallest absolute Gasteiger partial charge is 0.421 e. The second-order valence-electron chi connectivity index (χ2n) is 14.7. The molecule has 8 rings (SSSR count). The molecule has 4 aromatic carbocycles. The van der Waals surface area contributed by atoms with Gasteiger partial charge in [-0.05, 0) is 53.3 Å². The van der Waals surface area contributed by atoms with Gasteiger partial charge in [0.15, 0.2) is 0 Å². The number of imide groups is 1. The Balaban J connectivity index is 1.42. The van der Waals surface area contributed by atoms with E-state index in [1.807, 2.05) is 70.5 Å². The Bertz CT molecular complexity index is 2030. The number of phenolic OH excluding ortho intramolecular Hbond substituents is 1. The minimum absolute atomic E-state index is 0.0157. The molecule has 0 aromatic heterocycles. The van der Waals surface area contributed by atoms with Gasteiger partial charge in [0.25, 0.3) is 0 Å². The van der Waals surface area contributed by atoms with Crippen LogP contribution in [0.25, 0.3) is 0 Å². The summed E-state index contributed by atoms with van der Waals surface area (Å²) < 4.78 is 17.3. The van der Waals surface area contributed by atoms with Gasteiger partial charge in [-0.2, -0.15) is 0 Å². The number of aromatic hydroxyl groups is 1. The van der Waals surface area contributed by atoms with Gasteiger partial charge in [0.2, 0.25) is 11.8 Å². The Hall–Kier alpha value is -5.52. The number of fused-ring (bicyclic) bond motifs is 3. The van der Waals surface area contributed by atoms with Crippen molar-refractivity contribution in [2.75, 3.05) is 38.3 Å². The summed E-state index contributed by atoms with van der Waals surface area (Å²) >= 11 is 0. The molecule has 0 saturated carbocycles. The number of rotatable bonds is 7. The summed E-state index contributed by atoms with van der Waals surface area (Å²) in [5, 5.41) is 10.5. The van der Waals surface area contributed by atoms with Crippen LogP contribution in [-0.2, 0) is 34.0 Å². The highest BCUT2D eigenvalue weighted by Crippen LogP contribution is 2.66. The third-order valence-electron chi connectivity index (χ3n) is 11.7. The molecule has 0 radical (unpaired) electrons. The van der Waals surface area contributed by atoms with E-state index >= 15 is 14.4 Å². The molecule has 6 atom stereocenters. The van der Waals surface area contributed by atoms with Gasteiger partial charge in [0, 0.05) is 20.2 Å². The number of morpholine rings is 1. The molecule has 4 aromatic rings. The molecule has 284 valence electrons. The lowest BCUT2D eigenvalue weighted by Crippen LogP contribution is -2.56. The van der Waals surface area contributed by atoms with Gasteiger partial charge < -0.3 is 24.2 Å². The Kier molecular flexibility index (Phi) is 10.2. The van der Waals surface area contributed by atoms with Crippen LogP contribution in [0.4, 0.5) is 10.5 Å². The van der Waals surface area contributed by atoms with E-state index in [2.05, 4.69) is 0 Å². The van der Waals surface area contributed by atoms with Crippen molar-refractivity contribution in [1.29, 1.82) is 0 Å². The van der Waals surface area contributed by atoms with Crippen molar-refractivity contribution < 1.29 is 38.5 Å². The fourth-order valence-corrected chi connectivity index (χ4v) is 9.42. The molecule has 3 amide bonds. The number of esters is 1. The number of likely N-dealkylation sites (tertiary alicyclic amines) is 1. The van der Waals surface area contributed by atoms with E-state index in [1.165, 1.54) is 7.11 Å². The van der Waals surface area contributed by atoms with Crippen molar-refractivity contribution in [2.45, 2.75) is 61.7 Å². The van der Waals surface area contributed by atoms with E-state index in [9.17, 15) is 9.90 Å². The average molecular weight is 744 g/mol. The lowest BCUT2D eigenvalue weighted by Gasteiger charge is -2.46. The predicted octanol–water partition coefficient (Wildman–Crippen LogP) is 6.63. The Morgan fingerprint density at radius 2 is 1.36 bits per heavy atom. The number of phenols is 1. The number of anilines is 1. The first-order valence-corrected chi connectivity index (χ1v) is 19.1. The van der Waals surface area contributed by atoms with Crippen LogP contribution in [0.1, 0.15) is 72.5 Å². The SMILES string of the molecule is COCCOC(=O)N1C(=O)C2(c3ccccc31)C(C(=O)N1CCCCCCC1)C1C(=O)OC(c3ccccc3)C(c3ccccc3)N1C2c1ccc(O)cc1. The summed E-state index contributed by atoms with van der Waals surface area (Å²) in [5.74, 6) is -2.91. The van der Waals surface area contributed by atoms with Crippen molar-refractivity contribution in [2.24, 2.45) is 5.92 Å². The standard InChI is InChI=1S/C44H45N3O8/c1-53-27-28-54-43(52)46-34-20-12-11-19-33(34)44(42(46)51)35(40(49)45-25-13-3-2-4-14-26-45)37-41(50)55-38(30-17-9-6-10-18-30)36(29-15-7-5-8-16-29)47(37)39(44)31-21-23-32(48)24-22-31/h5-12,15-24,35-39,48H,2-4,13-14,25-28H2,1H3. The number of carbonyl (C=O) groups is 4. The molecule has 1 spiro atoms. The second kappa shape index (κ2) is 15.3. The van der Waals surface area contributed by atoms with Gasteiger partial charge in [-0.3, -0.25) is 19.3 Å². The molecule has 55 heavy (non-hydrogen) atoms. The summed E-state index contributed by atoms with van der Waals surface area (Å²) in [6.45, 7) is 0.977. The monoisotopic (exact) mass is 743 g/mol. The number of ether oxygens (including phenoxy) is 3. The number of hydrogen-bond donors (Lipinski definition) is 1. The molecule has 1 N–H and O–H groups in total. The average Bonchev–Trinajstić information content (AvgIpc) is 3.65. The summed E-state index contributed by atoms with van der Waals surface area (Å²) in [5.41, 5.74) is 1.08.